The van der Waals surface area contributed by atoms with Crippen LogP contribution in [-0.4, -0.2) is 43.9 Å². The van der Waals surface area contributed by atoms with Crippen molar-refractivity contribution in [2.75, 3.05) is 11.5 Å². The molecule has 1 aromatic heterocycles. The standard InChI is InChI=1S/C19H23NO6S/c1-11-6-16-14(9-25-17(16)7-12(11)2)8-18(21)26-13(3)19(22)20-15-4-5-27(23,24)10-15/h6-7,9,13,15H,4-5,8,10H2,1-3H3,(H,20,22)/t13-,15-/m1/s1. The number of esters is 1. The highest BCUT2D eigenvalue weighted by Crippen LogP contribution is 2.25. The number of amides is 1. The topological polar surface area (TPSA) is 103 Å². The maximum absolute atomic E-state index is 12.2. The highest BCUT2D eigenvalue weighted by molar-refractivity contribution is 7.91. The van der Waals surface area contributed by atoms with Crippen LogP contribution in [0.2, 0.25) is 0 Å². The van der Waals surface area contributed by atoms with E-state index in [1.54, 1.807) is 0 Å². The van der Waals surface area contributed by atoms with E-state index in [2.05, 4.69) is 5.32 Å². The first kappa shape index (κ1) is 19.4. The molecular formula is C19H23NO6S. The SMILES string of the molecule is Cc1cc2occ(CC(=O)O[C@H](C)C(=O)N[C@@H]3CCS(=O)(=O)C3)c2cc1C. The third-order valence-electron chi connectivity index (χ3n) is 4.86. The molecule has 1 amide bonds. The van der Waals surface area contributed by atoms with E-state index >= 15 is 0 Å². The number of carbonyl (C=O) groups excluding carboxylic acids is 2. The summed E-state index contributed by atoms with van der Waals surface area (Å²) >= 11 is 0. The normalized spacial score (nSPS) is 19.7. The summed E-state index contributed by atoms with van der Waals surface area (Å²) < 4.78 is 33.6. The van der Waals surface area contributed by atoms with Gasteiger partial charge in [-0.2, -0.15) is 0 Å². The van der Waals surface area contributed by atoms with Gasteiger partial charge in [0.1, 0.15) is 5.58 Å². The van der Waals surface area contributed by atoms with Gasteiger partial charge in [-0.15, -0.1) is 0 Å². The summed E-state index contributed by atoms with van der Waals surface area (Å²) in [6.07, 6.45) is 0.904. The predicted octanol–water partition coefficient (Wildman–Crippen LogP) is 1.83. The fourth-order valence-electron chi connectivity index (χ4n) is 3.15. The van der Waals surface area contributed by atoms with Gasteiger partial charge in [-0.25, -0.2) is 8.42 Å². The maximum Gasteiger partial charge on any atom is 0.311 e. The molecule has 0 bridgehead atoms. The number of nitrogens with one attached hydrogen (secondary N) is 1. The second kappa shape index (κ2) is 7.34. The Bertz CT molecular complexity index is 991. The van der Waals surface area contributed by atoms with Crippen molar-refractivity contribution in [2.24, 2.45) is 0 Å². The van der Waals surface area contributed by atoms with E-state index in [-0.39, 0.29) is 17.9 Å². The van der Waals surface area contributed by atoms with Gasteiger partial charge in [0, 0.05) is 17.0 Å². The number of benzene rings is 1. The Morgan fingerprint density at radius 2 is 2.00 bits per heavy atom. The molecule has 0 radical (unpaired) electrons. The number of rotatable bonds is 5. The van der Waals surface area contributed by atoms with Crippen molar-refractivity contribution in [3.05, 3.63) is 35.1 Å². The van der Waals surface area contributed by atoms with Crippen LogP contribution in [0, 0.1) is 13.8 Å². The molecule has 2 aromatic rings. The summed E-state index contributed by atoms with van der Waals surface area (Å²) in [4.78, 5) is 24.4. The lowest BCUT2D eigenvalue weighted by Gasteiger charge is -2.16. The van der Waals surface area contributed by atoms with Gasteiger partial charge in [-0.05, 0) is 50.5 Å². The van der Waals surface area contributed by atoms with Crippen LogP contribution in [-0.2, 0) is 30.6 Å². The van der Waals surface area contributed by atoms with E-state index in [1.807, 2.05) is 26.0 Å². The van der Waals surface area contributed by atoms with Crippen LogP contribution in [0.15, 0.2) is 22.8 Å². The summed E-state index contributed by atoms with van der Waals surface area (Å²) in [6.45, 7) is 5.44. The molecule has 2 atom stereocenters. The highest BCUT2D eigenvalue weighted by Gasteiger charge is 2.30. The van der Waals surface area contributed by atoms with Crippen molar-refractivity contribution in [3.63, 3.8) is 0 Å². The lowest BCUT2D eigenvalue weighted by molar-refractivity contribution is -0.154. The molecule has 7 nitrogen and oxygen atoms in total. The van der Waals surface area contributed by atoms with Crippen molar-refractivity contribution in [1.82, 2.24) is 5.32 Å². The zero-order valence-corrected chi connectivity index (χ0v) is 16.4. The van der Waals surface area contributed by atoms with E-state index in [1.165, 1.54) is 13.2 Å². The molecule has 1 fully saturated rings. The monoisotopic (exact) mass is 393 g/mol. The number of fused-ring (bicyclic) bond motifs is 1. The Balaban J connectivity index is 1.59. The zero-order chi connectivity index (χ0) is 19.8. The lowest BCUT2D eigenvalue weighted by Crippen LogP contribution is -2.42. The molecular weight excluding hydrogens is 370 g/mol. The third-order valence-corrected chi connectivity index (χ3v) is 6.63. The van der Waals surface area contributed by atoms with Gasteiger partial charge >= 0.3 is 5.97 Å². The molecule has 1 saturated heterocycles. The number of sulfone groups is 1. The summed E-state index contributed by atoms with van der Waals surface area (Å²) in [6, 6.07) is 3.46. The Kier molecular flexibility index (Phi) is 5.28. The minimum atomic E-state index is -3.08. The van der Waals surface area contributed by atoms with Crippen LogP contribution < -0.4 is 5.32 Å². The van der Waals surface area contributed by atoms with E-state index in [0.29, 0.717) is 17.6 Å². The van der Waals surface area contributed by atoms with Crippen LogP contribution in [0.25, 0.3) is 11.0 Å². The van der Waals surface area contributed by atoms with Gasteiger partial charge in [0.15, 0.2) is 15.9 Å². The van der Waals surface area contributed by atoms with Crippen molar-refractivity contribution in [2.45, 2.75) is 45.8 Å². The Morgan fingerprint density at radius 3 is 2.67 bits per heavy atom. The van der Waals surface area contributed by atoms with Gasteiger partial charge in [0.25, 0.3) is 5.91 Å². The average molecular weight is 393 g/mol. The first-order valence-electron chi connectivity index (χ1n) is 8.82. The molecule has 0 saturated carbocycles. The van der Waals surface area contributed by atoms with Crippen LogP contribution in [0.3, 0.4) is 0 Å². The molecule has 1 aromatic carbocycles. The predicted molar refractivity (Wildman–Crippen MR) is 100 cm³/mol. The molecule has 0 spiro atoms. The minimum Gasteiger partial charge on any atom is -0.464 e. The molecule has 27 heavy (non-hydrogen) atoms. The fourth-order valence-corrected chi connectivity index (χ4v) is 4.82. The van der Waals surface area contributed by atoms with Gasteiger partial charge in [0.2, 0.25) is 0 Å². The number of furan rings is 1. The summed E-state index contributed by atoms with van der Waals surface area (Å²) in [5.41, 5.74) is 3.60. The van der Waals surface area contributed by atoms with Crippen LogP contribution in [0.1, 0.15) is 30.0 Å². The molecule has 146 valence electrons. The van der Waals surface area contributed by atoms with Crippen molar-refractivity contribution >= 4 is 32.7 Å². The molecule has 1 aliphatic heterocycles. The second-order valence-electron chi connectivity index (χ2n) is 7.11. The number of hydrogen-bond acceptors (Lipinski definition) is 6. The van der Waals surface area contributed by atoms with E-state index in [9.17, 15) is 18.0 Å². The van der Waals surface area contributed by atoms with Gasteiger partial charge in [0.05, 0.1) is 24.2 Å². The van der Waals surface area contributed by atoms with E-state index in [0.717, 1.165) is 16.5 Å². The number of aryl methyl sites for hydroxylation is 2. The van der Waals surface area contributed by atoms with Gasteiger partial charge < -0.3 is 14.5 Å². The fraction of sp³-hybridized carbons (Fsp3) is 0.474. The average Bonchev–Trinajstić information content (AvgIpc) is 3.11. The second-order valence-corrected chi connectivity index (χ2v) is 9.34. The van der Waals surface area contributed by atoms with Crippen molar-refractivity contribution in [3.8, 4) is 0 Å². The smallest absolute Gasteiger partial charge is 0.311 e. The largest absolute Gasteiger partial charge is 0.464 e. The summed E-state index contributed by atoms with van der Waals surface area (Å²) in [7, 11) is -3.08. The van der Waals surface area contributed by atoms with Crippen LogP contribution in [0.4, 0.5) is 0 Å². The highest BCUT2D eigenvalue weighted by atomic mass is 32.2. The van der Waals surface area contributed by atoms with E-state index in [4.69, 9.17) is 9.15 Å². The first-order valence-corrected chi connectivity index (χ1v) is 10.6. The zero-order valence-electron chi connectivity index (χ0n) is 15.6. The van der Waals surface area contributed by atoms with Crippen LogP contribution >= 0.6 is 0 Å². The summed E-state index contributed by atoms with van der Waals surface area (Å²) in [5, 5.41) is 3.48. The molecule has 8 heteroatoms. The maximum atomic E-state index is 12.2. The number of hydrogen-bond donors (Lipinski definition) is 1. The molecule has 3 rings (SSSR count). The molecule has 0 unspecified atom stereocenters. The van der Waals surface area contributed by atoms with Crippen molar-refractivity contribution in [1.29, 1.82) is 0 Å². The summed E-state index contributed by atoms with van der Waals surface area (Å²) in [5.74, 6) is -1.04. The number of carbonyl (C=O) groups is 2. The third kappa shape index (κ3) is 4.50. The Labute approximate surface area is 158 Å². The van der Waals surface area contributed by atoms with E-state index < -0.39 is 33.9 Å². The van der Waals surface area contributed by atoms with Gasteiger partial charge in [-0.3, -0.25) is 9.59 Å². The first-order chi connectivity index (χ1) is 12.6. The molecule has 0 aliphatic carbocycles. The Hall–Kier alpha value is -2.35. The molecule has 1 aliphatic rings. The minimum absolute atomic E-state index is 0.00900. The van der Waals surface area contributed by atoms with Crippen LogP contribution in [0.5, 0.6) is 0 Å². The lowest BCUT2D eigenvalue weighted by atomic mass is 10.0. The molecule has 1 N–H and O–H groups in total. The van der Waals surface area contributed by atoms with Gasteiger partial charge in [-0.1, -0.05) is 0 Å². The van der Waals surface area contributed by atoms with Crippen molar-refractivity contribution < 1.29 is 27.2 Å². The number of ether oxygens (including phenoxy) is 1. The molecule has 2 heterocycles. The Morgan fingerprint density at radius 1 is 1.30 bits per heavy atom. The quantitative estimate of drug-likeness (QED) is 0.778.